The van der Waals surface area contributed by atoms with E-state index >= 15 is 0 Å². The van der Waals surface area contributed by atoms with Gasteiger partial charge in [0.1, 0.15) is 5.82 Å². The molecule has 1 aliphatic heterocycles. The second kappa shape index (κ2) is 6.82. The van der Waals surface area contributed by atoms with Crippen molar-refractivity contribution in [3.63, 3.8) is 0 Å². The molecular weight excluding hydrogens is 365 g/mol. The lowest BCUT2D eigenvalue weighted by atomic mass is 10.3. The number of carbonyl (C=O) groups excluding carboxylic acids is 1. The summed E-state index contributed by atoms with van der Waals surface area (Å²) in [6.45, 7) is 2.19. The molecular formula is C12H15BrFN3O3S. The van der Waals surface area contributed by atoms with Crippen molar-refractivity contribution in [2.24, 2.45) is 0 Å². The molecule has 6 nitrogen and oxygen atoms in total. The van der Waals surface area contributed by atoms with Gasteiger partial charge in [0, 0.05) is 30.7 Å². The summed E-state index contributed by atoms with van der Waals surface area (Å²) in [6, 6.07) is 3.27. The Balaban J connectivity index is 2.02. The molecule has 0 saturated carbocycles. The molecule has 1 aromatic rings. The molecule has 1 amide bonds. The number of sulfonamides is 1. The van der Waals surface area contributed by atoms with Gasteiger partial charge in [-0.05, 0) is 34.1 Å². The molecule has 0 unspecified atom stereocenters. The number of amides is 1. The Labute approximate surface area is 130 Å². The highest BCUT2D eigenvalue weighted by Crippen LogP contribution is 2.22. The Morgan fingerprint density at radius 2 is 2.05 bits per heavy atom. The lowest BCUT2D eigenvalue weighted by molar-refractivity contribution is -0.130. The third kappa shape index (κ3) is 4.22. The van der Waals surface area contributed by atoms with Crippen LogP contribution in [-0.2, 0) is 14.8 Å². The van der Waals surface area contributed by atoms with Gasteiger partial charge in [-0.3, -0.25) is 4.79 Å². The van der Waals surface area contributed by atoms with Gasteiger partial charge in [-0.25, -0.2) is 17.5 Å². The minimum absolute atomic E-state index is 0.1000. The highest BCUT2D eigenvalue weighted by molar-refractivity contribution is 9.10. The number of halogens is 2. The fourth-order valence-electron chi connectivity index (χ4n) is 1.95. The molecule has 0 radical (unpaired) electrons. The highest BCUT2D eigenvalue weighted by atomic mass is 79.9. The van der Waals surface area contributed by atoms with Crippen LogP contribution in [0.15, 0.2) is 27.6 Å². The van der Waals surface area contributed by atoms with Gasteiger partial charge in [-0.2, -0.15) is 0 Å². The molecule has 2 rings (SSSR count). The molecule has 1 saturated heterocycles. The topological polar surface area (TPSA) is 78.5 Å². The van der Waals surface area contributed by atoms with Crippen LogP contribution in [0.4, 0.5) is 4.39 Å². The summed E-state index contributed by atoms with van der Waals surface area (Å²) < 4.78 is 39.5. The minimum atomic E-state index is -3.87. The van der Waals surface area contributed by atoms with Crippen molar-refractivity contribution < 1.29 is 17.6 Å². The van der Waals surface area contributed by atoms with E-state index in [1.165, 1.54) is 0 Å². The van der Waals surface area contributed by atoms with Crippen LogP contribution in [0.25, 0.3) is 0 Å². The molecule has 9 heteroatoms. The first-order chi connectivity index (χ1) is 9.90. The van der Waals surface area contributed by atoms with Crippen LogP contribution < -0.4 is 10.0 Å². The molecule has 2 N–H and O–H groups in total. The zero-order chi connectivity index (χ0) is 15.5. The van der Waals surface area contributed by atoms with E-state index in [0.717, 1.165) is 18.2 Å². The summed E-state index contributed by atoms with van der Waals surface area (Å²) in [4.78, 5) is 13.4. The third-order valence-corrected chi connectivity index (χ3v) is 5.44. The van der Waals surface area contributed by atoms with Gasteiger partial charge < -0.3 is 10.2 Å². The van der Waals surface area contributed by atoms with Gasteiger partial charge in [0.05, 0.1) is 11.4 Å². The van der Waals surface area contributed by atoms with Gasteiger partial charge in [-0.1, -0.05) is 0 Å². The lowest BCUT2D eigenvalue weighted by Crippen LogP contribution is -2.49. The van der Waals surface area contributed by atoms with E-state index in [2.05, 4.69) is 26.0 Å². The number of carbonyl (C=O) groups is 1. The summed E-state index contributed by atoms with van der Waals surface area (Å²) in [5, 5.41) is 3.11. The number of hydrogen-bond acceptors (Lipinski definition) is 4. The number of nitrogens with zero attached hydrogens (tertiary/aromatic N) is 1. The Kier molecular flexibility index (Phi) is 5.31. The van der Waals surface area contributed by atoms with Gasteiger partial charge in [0.25, 0.3) is 0 Å². The average molecular weight is 380 g/mol. The monoisotopic (exact) mass is 379 g/mol. The van der Waals surface area contributed by atoms with Gasteiger partial charge >= 0.3 is 0 Å². The molecule has 0 atom stereocenters. The molecule has 0 spiro atoms. The average Bonchev–Trinajstić information content (AvgIpc) is 2.45. The van der Waals surface area contributed by atoms with Crippen molar-refractivity contribution in [2.75, 3.05) is 32.7 Å². The molecule has 0 aliphatic carbocycles. The molecule has 1 fully saturated rings. The van der Waals surface area contributed by atoms with Crippen molar-refractivity contribution in [3.05, 3.63) is 28.5 Å². The first kappa shape index (κ1) is 16.3. The van der Waals surface area contributed by atoms with Gasteiger partial charge in [-0.15, -0.1) is 0 Å². The van der Waals surface area contributed by atoms with Crippen molar-refractivity contribution in [1.29, 1.82) is 0 Å². The summed E-state index contributed by atoms with van der Waals surface area (Å²) in [6.07, 6.45) is 0. The van der Waals surface area contributed by atoms with Crippen molar-refractivity contribution in [1.82, 2.24) is 14.9 Å². The number of benzene rings is 1. The van der Waals surface area contributed by atoms with Crippen LogP contribution in [0.1, 0.15) is 0 Å². The summed E-state index contributed by atoms with van der Waals surface area (Å²) >= 11 is 3.00. The number of piperazine rings is 1. The van der Waals surface area contributed by atoms with Crippen LogP contribution in [0.2, 0.25) is 0 Å². The quantitative estimate of drug-likeness (QED) is 0.788. The SMILES string of the molecule is O=C(CNS(=O)(=O)c1ccc(F)cc1Br)N1CCNCC1. The molecule has 21 heavy (non-hydrogen) atoms. The van der Waals surface area contributed by atoms with E-state index in [-0.39, 0.29) is 21.8 Å². The van der Waals surface area contributed by atoms with Gasteiger partial charge in [0.2, 0.25) is 15.9 Å². The standard InChI is InChI=1S/C12H15BrFN3O3S/c13-10-7-9(14)1-2-11(10)21(19,20)16-8-12(18)17-5-3-15-4-6-17/h1-2,7,15-16H,3-6,8H2. The molecule has 0 bridgehead atoms. The molecule has 1 aromatic carbocycles. The van der Waals surface area contributed by atoms with Crippen LogP contribution in [-0.4, -0.2) is 51.9 Å². The predicted octanol–water partition coefficient (Wildman–Crippen LogP) is 0.298. The summed E-state index contributed by atoms with van der Waals surface area (Å²) in [7, 11) is -3.87. The third-order valence-electron chi connectivity index (χ3n) is 3.07. The van der Waals surface area contributed by atoms with E-state index in [9.17, 15) is 17.6 Å². The van der Waals surface area contributed by atoms with Gasteiger partial charge in [0.15, 0.2) is 0 Å². The van der Waals surface area contributed by atoms with Crippen molar-refractivity contribution in [3.8, 4) is 0 Å². The maximum absolute atomic E-state index is 13.0. The zero-order valence-electron chi connectivity index (χ0n) is 11.1. The number of rotatable bonds is 4. The molecule has 1 heterocycles. The molecule has 1 aliphatic rings. The first-order valence-electron chi connectivity index (χ1n) is 6.33. The maximum Gasteiger partial charge on any atom is 0.242 e. The fourth-order valence-corrected chi connectivity index (χ4v) is 3.98. The Morgan fingerprint density at radius 3 is 2.67 bits per heavy atom. The van der Waals surface area contributed by atoms with E-state index in [1.54, 1.807) is 4.90 Å². The zero-order valence-corrected chi connectivity index (χ0v) is 13.5. The number of nitrogens with one attached hydrogen (secondary N) is 2. The molecule has 0 aromatic heterocycles. The normalized spacial score (nSPS) is 16.0. The Morgan fingerprint density at radius 1 is 1.38 bits per heavy atom. The van der Waals surface area contributed by atoms with E-state index in [1.807, 2.05) is 0 Å². The fraction of sp³-hybridized carbons (Fsp3) is 0.417. The highest BCUT2D eigenvalue weighted by Gasteiger charge is 2.22. The Bertz CT molecular complexity index is 633. The number of hydrogen-bond donors (Lipinski definition) is 2. The maximum atomic E-state index is 13.0. The van der Waals surface area contributed by atoms with Crippen LogP contribution >= 0.6 is 15.9 Å². The van der Waals surface area contributed by atoms with Crippen molar-refractivity contribution >= 4 is 31.9 Å². The predicted molar refractivity (Wildman–Crippen MR) is 78.7 cm³/mol. The molecule has 116 valence electrons. The van der Waals surface area contributed by atoms with Crippen LogP contribution in [0.3, 0.4) is 0 Å². The van der Waals surface area contributed by atoms with E-state index in [4.69, 9.17) is 0 Å². The largest absolute Gasteiger partial charge is 0.339 e. The minimum Gasteiger partial charge on any atom is -0.339 e. The van der Waals surface area contributed by atoms with Crippen molar-refractivity contribution in [2.45, 2.75) is 4.90 Å². The second-order valence-corrected chi connectivity index (χ2v) is 7.12. The van der Waals surface area contributed by atoms with E-state index in [0.29, 0.717) is 26.2 Å². The van der Waals surface area contributed by atoms with Crippen LogP contribution in [0, 0.1) is 5.82 Å². The summed E-state index contributed by atoms with van der Waals surface area (Å²) in [5.41, 5.74) is 0. The lowest BCUT2D eigenvalue weighted by Gasteiger charge is -2.27. The van der Waals surface area contributed by atoms with E-state index < -0.39 is 15.8 Å². The Hall–Kier alpha value is -1.03. The smallest absolute Gasteiger partial charge is 0.242 e. The second-order valence-electron chi connectivity index (χ2n) is 4.53. The summed E-state index contributed by atoms with van der Waals surface area (Å²) in [5.74, 6) is -0.823. The first-order valence-corrected chi connectivity index (χ1v) is 8.61. The van der Waals surface area contributed by atoms with Crippen LogP contribution in [0.5, 0.6) is 0 Å².